The third-order valence-electron chi connectivity index (χ3n) is 12.0. The monoisotopic (exact) mass is 1140 g/mol. The van der Waals surface area contributed by atoms with Crippen molar-refractivity contribution in [3.63, 3.8) is 0 Å². The summed E-state index contributed by atoms with van der Waals surface area (Å²) in [6.07, 6.45) is 5.15. The Morgan fingerprint density at radius 1 is 0.603 bits per heavy atom. The number of aromatic nitrogens is 4. The van der Waals surface area contributed by atoms with Gasteiger partial charge in [-0.2, -0.15) is 10.2 Å². The number of hydrazine groups is 1. The van der Waals surface area contributed by atoms with Crippen LogP contribution in [0.4, 0.5) is 14.5 Å². The molecule has 5 aromatic carbocycles. The highest BCUT2D eigenvalue weighted by Gasteiger charge is 2.35. The molecule has 0 spiro atoms. The maximum absolute atomic E-state index is 13.5. The molecule has 10 rings (SSSR count). The number of benzene rings is 5. The zero-order valence-corrected chi connectivity index (χ0v) is 44.0. The highest BCUT2D eigenvalue weighted by atomic mass is 35.5. The number of hydrogen-bond acceptors (Lipinski definition) is 8. The standard InChI is InChI=1S/C26H17Cl4FN4O2S.C25H22Cl2FN3O3S/c27-16-3-7-22(20(29)10-16)32-33-26(36)24-19-13-38(37)12-15(9-14-1-5-18(31)6-2-14)25(19)35(34-24)23-8-4-17(28)11-21(23)30;26-16-6-9-21(19(27)11-16)31-24-15(10-14-4-7-17(28)8-5-14)12-35(34)13-18(24)23(30-31)25(33)29-20-2-1-3-22(20)32/h1-11,32H,12-13H2,(H,33,36);4-11,20,22,32H,1-3,12-13H2,(H,29,33)/b15-9+;15-10+/t;20-,22-,35?/m.1/s1. The zero-order chi connectivity index (χ0) is 51.7. The molecule has 4 atom stereocenters. The number of fused-ring (bicyclic) bond motifs is 2. The van der Waals surface area contributed by atoms with Crippen LogP contribution in [0.5, 0.6) is 0 Å². The van der Waals surface area contributed by atoms with Crippen molar-refractivity contribution in [1.82, 2.24) is 30.3 Å². The fraction of sp³-hybridized carbons (Fsp3) is 0.176. The molecule has 0 bridgehead atoms. The zero-order valence-electron chi connectivity index (χ0n) is 37.8. The van der Waals surface area contributed by atoms with E-state index >= 15 is 0 Å². The summed E-state index contributed by atoms with van der Waals surface area (Å²) >= 11 is 37.4. The first-order valence-electron chi connectivity index (χ1n) is 22.3. The first-order valence-corrected chi connectivity index (χ1v) is 27.5. The smallest absolute Gasteiger partial charge is 0.290 e. The molecule has 0 radical (unpaired) electrons. The number of aliphatic hydroxyl groups excluding tert-OH is 1. The van der Waals surface area contributed by atoms with Crippen LogP contribution in [0.3, 0.4) is 0 Å². The van der Waals surface area contributed by atoms with Crippen molar-refractivity contribution < 1.29 is 31.9 Å². The van der Waals surface area contributed by atoms with Gasteiger partial charge in [0.25, 0.3) is 11.8 Å². The third kappa shape index (κ3) is 11.9. The summed E-state index contributed by atoms with van der Waals surface area (Å²) in [7, 11) is -2.60. The van der Waals surface area contributed by atoms with Crippen molar-refractivity contribution in [2.75, 3.05) is 16.9 Å². The van der Waals surface area contributed by atoms with Gasteiger partial charge >= 0.3 is 0 Å². The van der Waals surface area contributed by atoms with E-state index in [-0.39, 0.29) is 52.1 Å². The molecule has 73 heavy (non-hydrogen) atoms. The molecular formula is C51H39Cl6F2N7O5S2. The average molecular weight is 1140 g/mol. The van der Waals surface area contributed by atoms with Gasteiger partial charge in [-0.25, -0.2) is 18.1 Å². The van der Waals surface area contributed by atoms with Gasteiger partial charge in [-0.1, -0.05) is 93.9 Å². The van der Waals surface area contributed by atoms with Crippen molar-refractivity contribution in [3.05, 3.63) is 190 Å². The number of aliphatic hydroxyl groups is 1. The van der Waals surface area contributed by atoms with Gasteiger partial charge in [-0.05, 0) is 133 Å². The highest BCUT2D eigenvalue weighted by molar-refractivity contribution is 7.85. The van der Waals surface area contributed by atoms with Crippen LogP contribution in [0, 0.1) is 11.6 Å². The summed E-state index contributed by atoms with van der Waals surface area (Å²) in [6.45, 7) is 0. The van der Waals surface area contributed by atoms with Gasteiger partial charge in [0.05, 0.1) is 78.7 Å². The predicted molar refractivity (Wildman–Crippen MR) is 288 cm³/mol. The Kier molecular flexibility index (Phi) is 16.2. The Balaban J connectivity index is 0.000000180. The molecule has 4 N–H and O–H groups in total. The lowest BCUT2D eigenvalue weighted by Gasteiger charge is -2.19. The first kappa shape index (κ1) is 52.5. The minimum absolute atomic E-state index is 0.0571. The summed E-state index contributed by atoms with van der Waals surface area (Å²) in [5, 5.41) is 24.6. The second-order valence-corrected chi connectivity index (χ2v) is 22.5. The third-order valence-corrected chi connectivity index (χ3v) is 16.1. The summed E-state index contributed by atoms with van der Waals surface area (Å²) in [6, 6.07) is 26.2. The van der Waals surface area contributed by atoms with Gasteiger partial charge in [-0.15, -0.1) is 0 Å². The number of amides is 2. The van der Waals surface area contributed by atoms with Crippen LogP contribution in [0.15, 0.2) is 103 Å². The second-order valence-electron chi connectivity index (χ2n) is 17.0. The molecule has 0 saturated heterocycles. The van der Waals surface area contributed by atoms with E-state index in [2.05, 4.69) is 26.4 Å². The minimum Gasteiger partial charge on any atom is -0.391 e. The van der Waals surface area contributed by atoms with Crippen molar-refractivity contribution in [3.8, 4) is 11.4 Å². The van der Waals surface area contributed by atoms with Crippen molar-refractivity contribution in [1.29, 1.82) is 0 Å². The number of halogens is 8. The van der Waals surface area contributed by atoms with Crippen LogP contribution in [-0.4, -0.2) is 68.6 Å². The SMILES string of the molecule is O=C(NNc1ccc(Cl)cc1Cl)c1nn(-c2ccc(Cl)cc2Cl)c2c1CS(=O)C/C2=C\c1ccc(F)cc1.O=C(N[C@@H]1CCC[C@H]1O)c1nn(-c2ccc(Cl)cc2Cl)c2c1CS(=O)C/C2=C\c1ccc(F)cc1. The van der Waals surface area contributed by atoms with E-state index in [1.165, 1.54) is 30.3 Å². The largest absolute Gasteiger partial charge is 0.391 e. The molecule has 2 unspecified atom stereocenters. The molecule has 2 amide bonds. The lowest BCUT2D eigenvalue weighted by atomic mass is 10.0. The number of nitrogens with zero attached hydrogens (tertiary/aromatic N) is 4. The Morgan fingerprint density at radius 3 is 1.49 bits per heavy atom. The molecular weight excluding hydrogens is 1110 g/mol. The molecule has 1 fully saturated rings. The number of carbonyl (C=O) groups excluding carboxylic acids is 2. The van der Waals surface area contributed by atoms with Crippen LogP contribution in [0.2, 0.25) is 30.1 Å². The number of hydrogen-bond donors (Lipinski definition) is 4. The molecule has 2 aromatic heterocycles. The molecule has 4 heterocycles. The minimum atomic E-state index is -1.32. The van der Waals surface area contributed by atoms with E-state index in [4.69, 9.17) is 69.6 Å². The predicted octanol–water partition coefficient (Wildman–Crippen LogP) is 11.9. The van der Waals surface area contributed by atoms with Gasteiger partial charge in [0.15, 0.2) is 11.4 Å². The van der Waals surface area contributed by atoms with Crippen LogP contribution in [0.1, 0.15) is 73.9 Å². The van der Waals surface area contributed by atoms with Crippen LogP contribution >= 0.6 is 69.6 Å². The normalized spacial score (nSPS) is 19.2. The topological polar surface area (TPSA) is 160 Å². The number of nitrogens with one attached hydrogen (secondary N) is 3. The van der Waals surface area contributed by atoms with Crippen LogP contribution < -0.4 is 16.2 Å². The molecule has 1 saturated carbocycles. The van der Waals surface area contributed by atoms with E-state index in [1.54, 1.807) is 88.2 Å². The highest BCUT2D eigenvalue weighted by Crippen LogP contribution is 2.38. The number of rotatable bonds is 9. The second kappa shape index (κ2) is 22.6. The summed E-state index contributed by atoms with van der Waals surface area (Å²) < 4.78 is 55.8. The molecule has 7 aromatic rings. The maximum Gasteiger partial charge on any atom is 0.290 e. The van der Waals surface area contributed by atoms with E-state index in [9.17, 15) is 31.9 Å². The lowest BCUT2D eigenvalue weighted by Crippen LogP contribution is -2.40. The summed E-state index contributed by atoms with van der Waals surface area (Å²) in [4.78, 5) is 26.6. The van der Waals surface area contributed by atoms with E-state index in [0.717, 1.165) is 12.0 Å². The Labute approximate surface area is 452 Å². The fourth-order valence-corrected chi connectivity index (χ4v) is 12.6. The van der Waals surface area contributed by atoms with Crippen LogP contribution in [-0.2, 0) is 33.1 Å². The number of carbonyl (C=O) groups is 2. The van der Waals surface area contributed by atoms with Crippen molar-refractivity contribution >= 4 is 132 Å². The van der Waals surface area contributed by atoms with Crippen molar-refractivity contribution in [2.24, 2.45) is 0 Å². The molecule has 2 aliphatic heterocycles. The van der Waals surface area contributed by atoms with E-state index in [1.807, 2.05) is 6.08 Å². The van der Waals surface area contributed by atoms with Gasteiger partial charge in [0, 0.05) is 47.8 Å². The fourth-order valence-electron chi connectivity index (χ4n) is 8.62. The summed E-state index contributed by atoms with van der Waals surface area (Å²) in [5.74, 6) is -1.03. The lowest BCUT2D eigenvalue weighted by molar-refractivity contribution is 0.0867. The number of anilines is 1. The van der Waals surface area contributed by atoms with E-state index < -0.39 is 39.5 Å². The maximum atomic E-state index is 13.5. The Morgan fingerprint density at radius 2 is 1.05 bits per heavy atom. The summed E-state index contributed by atoms with van der Waals surface area (Å²) in [5.41, 5.74) is 12.0. The molecule has 22 heteroatoms. The molecule has 1 aliphatic carbocycles. The average Bonchev–Trinajstić information content (AvgIpc) is 4.05. The first-order chi connectivity index (χ1) is 35.0. The van der Waals surface area contributed by atoms with Crippen molar-refractivity contribution in [2.45, 2.75) is 42.9 Å². The van der Waals surface area contributed by atoms with Gasteiger partial charge in [-0.3, -0.25) is 28.9 Å². The van der Waals surface area contributed by atoms with Gasteiger partial charge in [0.1, 0.15) is 11.6 Å². The van der Waals surface area contributed by atoms with Crippen LogP contribution in [0.25, 0.3) is 34.7 Å². The van der Waals surface area contributed by atoms with Gasteiger partial charge in [0.2, 0.25) is 0 Å². The molecule has 376 valence electrons. The molecule has 12 nitrogen and oxygen atoms in total. The Bertz CT molecular complexity index is 3430. The quantitative estimate of drug-likeness (QED) is 0.104. The molecule has 3 aliphatic rings. The van der Waals surface area contributed by atoms with E-state index in [0.29, 0.717) is 99.3 Å². The Hall–Kier alpha value is -5.40. The van der Waals surface area contributed by atoms with Gasteiger partial charge < -0.3 is 10.4 Å².